The van der Waals surface area contributed by atoms with Crippen molar-refractivity contribution in [3.05, 3.63) is 53.6 Å². The van der Waals surface area contributed by atoms with Crippen LogP contribution in [0.25, 0.3) is 0 Å². The fourth-order valence-corrected chi connectivity index (χ4v) is 3.23. The number of hydrogen-bond donors (Lipinski definition) is 1. The molecule has 2 aromatic rings. The Kier molecular flexibility index (Phi) is 4.67. The topological polar surface area (TPSA) is 81.7 Å². The number of sulfone groups is 1. The summed E-state index contributed by atoms with van der Waals surface area (Å²) in [7, 11) is -3.36. The van der Waals surface area contributed by atoms with Gasteiger partial charge < -0.3 is 14.8 Å². The monoisotopic (exact) mass is 361 g/mol. The Labute approximate surface area is 146 Å². The van der Waals surface area contributed by atoms with Crippen molar-refractivity contribution >= 4 is 15.7 Å². The predicted molar refractivity (Wildman–Crippen MR) is 92.9 cm³/mol. The summed E-state index contributed by atoms with van der Waals surface area (Å²) in [6.45, 7) is 2.87. The van der Waals surface area contributed by atoms with Crippen LogP contribution in [0.2, 0.25) is 0 Å². The summed E-state index contributed by atoms with van der Waals surface area (Å²) in [5, 5.41) is 2.87. The van der Waals surface area contributed by atoms with E-state index in [1.165, 1.54) is 12.1 Å². The number of ether oxygens (including phenoxy) is 2. The van der Waals surface area contributed by atoms with Crippen LogP contribution >= 0.6 is 0 Å². The number of fused-ring (bicyclic) bond motifs is 1. The maximum atomic E-state index is 12.4. The molecular weight excluding hydrogens is 342 g/mol. The fraction of sp³-hybridized carbons (Fsp3) is 0.278. The van der Waals surface area contributed by atoms with Gasteiger partial charge in [-0.15, -0.1) is 0 Å². The molecule has 1 aliphatic heterocycles. The molecule has 1 N–H and O–H groups in total. The summed E-state index contributed by atoms with van der Waals surface area (Å²) >= 11 is 0. The highest BCUT2D eigenvalue weighted by Crippen LogP contribution is 2.32. The van der Waals surface area contributed by atoms with Gasteiger partial charge in [-0.3, -0.25) is 4.79 Å². The van der Waals surface area contributed by atoms with Crippen molar-refractivity contribution in [2.24, 2.45) is 0 Å². The number of amides is 1. The second kappa shape index (κ2) is 6.76. The highest BCUT2D eigenvalue weighted by atomic mass is 32.2. The van der Waals surface area contributed by atoms with E-state index in [1.54, 1.807) is 12.1 Å². The average molecular weight is 361 g/mol. The van der Waals surface area contributed by atoms with Gasteiger partial charge in [0.25, 0.3) is 5.91 Å². The fourth-order valence-electron chi connectivity index (χ4n) is 2.56. The van der Waals surface area contributed by atoms with Gasteiger partial charge in [-0.05, 0) is 42.8 Å². The van der Waals surface area contributed by atoms with Crippen LogP contribution in [0, 0.1) is 0 Å². The zero-order valence-electron chi connectivity index (χ0n) is 14.0. The van der Waals surface area contributed by atoms with E-state index in [9.17, 15) is 13.2 Å². The zero-order valence-corrected chi connectivity index (χ0v) is 14.8. The predicted octanol–water partition coefficient (Wildman–Crippen LogP) is 2.35. The summed E-state index contributed by atoms with van der Waals surface area (Å²) < 4.78 is 34.3. The van der Waals surface area contributed by atoms with Crippen molar-refractivity contribution in [3.63, 3.8) is 0 Å². The highest BCUT2D eigenvalue weighted by molar-refractivity contribution is 7.90. The van der Waals surface area contributed by atoms with Crippen LogP contribution in [0.3, 0.4) is 0 Å². The van der Waals surface area contributed by atoms with Gasteiger partial charge in [-0.2, -0.15) is 0 Å². The van der Waals surface area contributed by atoms with E-state index in [1.807, 2.05) is 25.1 Å². The van der Waals surface area contributed by atoms with E-state index in [2.05, 4.69) is 5.32 Å². The third-order valence-corrected chi connectivity index (χ3v) is 5.05. The first-order valence-electron chi connectivity index (χ1n) is 7.85. The summed E-state index contributed by atoms with van der Waals surface area (Å²) in [5.74, 6) is 1.01. The molecule has 6 nitrogen and oxygen atoms in total. The van der Waals surface area contributed by atoms with Gasteiger partial charge in [0.15, 0.2) is 21.3 Å². The molecule has 0 aromatic heterocycles. The van der Waals surface area contributed by atoms with E-state index in [4.69, 9.17) is 9.47 Å². The molecule has 2 aromatic carbocycles. The molecule has 1 heterocycles. The van der Waals surface area contributed by atoms with Gasteiger partial charge in [-0.1, -0.05) is 12.1 Å². The second-order valence-electron chi connectivity index (χ2n) is 5.90. The molecule has 1 atom stereocenters. The first-order chi connectivity index (χ1) is 11.8. The third kappa shape index (κ3) is 3.93. The van der Waals surface area contributed by atoms with Gasteiger partial charge >= 0.3 is 0 Å². The van der Waals surface area contributed by atoms with Crippen molar-refractivity contribution in [1.82, 2.24) is 5.32 Å². The number of carbonyl (C=O) groups excluding carboxylic acids is 1. The molecule has 0 radical (unpaired) electrons. The molecule has 0 aliphatic carbocycles. The normalized spacial score (nSPS) is 14.6. The van der Waals surface area contributed by atoms with Crippen molar-refractivity contribution in [3.8, 4) is 11.5 Å². The van der Waals surface area contributed by atoms with Crippen LogP contribution in [0.1, 0.15) is 28.9 Å². The van der Waals surface area contributed by atoms with E-state index in [0.29, 0.717) is 30.3 Å². The molecule has 1 aliphatic rings. The summed E-state index contributed by atoms with van der Waals surface area (Å²) in [6.07, 6.45) is 1.11. The van der Waals surface area contributed by atoms with Gasteiger partial charge in [0.2, 0.25) is 0 Å². The molecule has 132 valence electrons. The lowest BCUT2D eigenvalue weighted by atomic mass is 10.1. The average Bonchev–Trinajstić information content (AvgIpc) is 2.60. The summed E-state index contributed by atoms with van der Waals surface area (Å²) in [4.78, 5) is 12.6. The summed E-state index contributed by atoms with van der Waals surface area (Å²) in [6, 6.07) is 11.2. The van der Waals surface area contributed by atoms with Crippen LogP contribution in [-0.2, 0) is 9.84 Å². The summed E-state index contributed by atoms with van der Waals surface area (Å²) in [5.41, 5.74) is 1.17. The number of benzene rings is 2. The highest BCUT2D eigenvalue weighted by Gasteiger charge is 2.17. The quantitative estimate of drug-likeness (QED) is 0.904. The van der Waals surface area contributed by atoms with Crippen molar-refractivity contribution in [2.45, 2.75) is 17.9 Å². The smallest absolute Gasteiger partial charge is 0.251 e. The maximum Gasteiger partial charge on any atom is 0.251 e. The van der Waals surface area contributed by atoms with Crippen molar-refractivity contribution < 1.29 is 22.7 Å². The van der Waals surface area contributed by atoms with E-state index in [-0.39, 0.29) is 16.8 Å². The first kappa shape index (κ1) is 17.3. The van der Waals surface area contributed by atoms with Gasteiger partial charge in [0.05, 0.1) is 10.9 Å². The lowest BCUT2D eigenvalue weighted by molar-refractivity contribution is 0.0939. The van der Waals surface area contributed by atoms with E-state index >= 15 is 0 Å². The standard InChI is InChI=1S/C18H19NO5S/c1-12(13-6-7-16-17(11-13)24-9-8-23-16)19-18(20)14-4-3-5-15(10-14)25(2,21)22/h3-7,10-12H,8-9H2,1-2H3,(H,19,20)/t12-/m0/s1. The van der Waals surface area contributed by atoms with Crippen LogP contribution < -0.4 is 14.8 Å². The lowest BCUT2D eigenvalue weighted by Gasteiger charge is -2.21. The molecule has 0 spiro atoms. The molecule has 7 heteroatoms. The molecule has 0 saturated heterocycles. The molecule has 0 bridgehead atoms. The number of nitrogens with one attached hydrogen (secondary N) is 1. The number of rotatable bonds is 4. The Hall–Kier alpha value is -2.54. The molecule has 0 unspecified atom stereocenters. The SMILES string of the molecule is C[C@H](NC(=O)c1cccc(S(C)(=O)=O)c1)c1ccc2c(c1)OCCO2. The van der Waals surface area contributed by atoms with E-state index < -0.39 is 9.84 Å². The molecule has 0 saturated carbocycles. The Morgan fingerprint density at radius 1 is 1.08 bits per heavy atom. The lowest BCUT2D eigenvalue weighted by Crippen LogP contribution is -2.27. The van der Waals surface area contributed by atoms with Crippen LogP contribution in [0.15, 0.2) is 47.4 Å². The van der Waals surface area contributed by atoms with Crippen LogP contribution in [-0.4, -0.2) is 33.8 Å². The zero-order chi connectivity index (χ0) is 18.0. The minimum Gasteiger partial charge on any atom is -0.486 e. The number of hydrogen-bond acceptors (Lipinski definition) is 5. The Bertz CT molecular complexity index is 907. The van der Waals surface area contributed by atoms with Crippen LogP contribution in [0.4, 0.5) is 0 Å². The molecular formula is C18H19NO5S. The maximum absolute atomic E-state index is 12.4. The molecule has 1 amide bonds. The van der Waals surface area contributed by atoms with E-state index in [0.717, 1.165) is 11.8 Å². The minimum absolute atomic E-state index is 0.118. The second-order valence-corrected chi connectivity index (χ2v) is 7.91. The third-order valence-electron chi connectivity index (χ3n) is 3.94. The molecule has 3 rings (SSSR count). The minimum atomic E-state index is -3.36. The largest absolute Gasteiger partial charge is 0.486 e. The Morgan fingerprint density at radius 2 is 1.80 bits per heavy atom. The number of carbonyl (C=O) groups is 1. The molecule has 0 fully saturated rings. The Balaban J connectivity index is 1.77. The van der Waals surface area contributed by atoms with Crippen molar-refractivity contribution in [1.29, 1.82) is 0 Å². The first-order valence-corrected chi connectivity index (χ1v) is 9.74. The Morgan fingerprint density at radius 3 is 2.52 bits per heavy atom. The van der Waals surface area contributed by atoms with Crippen LogP contribution in [0.5, 0.6) is 11.5 Å². The van der Waals surface area contributed by atoms with Gasteiger partial charge in [0.1, 0.15) is 13.2 Å². The van der Waals surface area contributed by atoms with Gasteiger partial charge in [0, 0.05) is 11.8 Å². The molecule has 25 heavy (non-hydrogen) atoms. The van der Waals surface area contributed by atoms with Crippen molar-refractivity contribution in [2.75, 3.05) is 19.5 Å². The van der Waals surface area contributed by atoms with Gasteiger partial charge in [-0.25, -0.2) is 8.42 Å².